The van der Waals surface area contributed by atoms with Crippen LogP contribution in [0.4, 0.5) is 11.4 Å². The average molecular weight is 683 g/mol. The number of nitrogens with two attached hydrogens (primary N) is 1. The third-order valence-corrected chi connectivity index (χ3v) is 9.37. The monoisotopic (exact) mass is 682 g/mol. The number of likely N-dealkylation sites (N-methyl/N-ethyl adjacent to an activating group) is 1. The van der Waals surface area contributed by atoms with Gasteiger partial charge in [-0.3, -0.25) is 24.6 Å². The van der Waals surface area contributed by atoms with E-state index < -0.39 is 23.0 Å². The molecule has 3 aromatic rings. The number of benzene rings is 1. The van der Waals surface area contributed by atoms with Gasteiger partial charge in [-0.15, -0.1) is 11.6 Å². The Balaban J connectivity index is 1.49. The summed E-state index contributed by atoms with van der Waals surface area (Å²) >= 11 is 4.53. The van der Waals surface area contributed by atoms with Crippen LogP contribution in [0.2, 0.25) is 0 Å². The van der Waals surface area contributed by atoms with Crippen molar-refractivity contribution in [3.8, 4) is 0 Å². The van der Waals surface area contributed by atoms with E-state index in [-0.39, 0.29) is 46.6 Å². The lowest BCUT2D eigenvalue weighted by atomic mass is 10.0. The first kappa shape index (κ1) is 35.0. The molecule has 0 aliphatic carbocycles. The number of rotatable bonds is 14. The number of aromatic nitrogens is 2. The highest BCUT2D eigenvalue weighted by Crippen LogP contribution is 2.33. The molecular weight excluding hydrogens is 646 g/mol. The molecular formula is C31H37ClN9O5S+. The van der Waals surface area contributed by atoms with Gasteiger partial charge in [-0.1, -0.05) is 0 Å². The summed E-state index contributed by atoms with van der Waals surface area (Å²) in [5, 5.41) is 15.5. The Morgan fingerprint density at radius 2 is 1.66 bits per heavy atom. The third-order valence-electron chi connectivity index (χ3n) is 7.43. The lowest BCUT2D eigenvalue weighted by Gasteiger charge is -2.25. The summed E-state index contributed by atoms with van der Waals surface area (Å²) in [4.78, 5) is 51.4. The van der Waals surface area contributed by atoms with Gasteiger partial charge in [0.1, 0.15) is 30.4 Å². The van der Waals surface area contributed by atoms with E-state index in [2.05, 4.69) is 21.4 Å². The molecule has 4 amide bonds. The maximum absolute atomic E-state index is 13.6. The molecule has 2 aromatic heterocycles. The SMILES string of the molecule is Cc1cc(C2=C[N+](C)(NC=O)C(C(=O)Nc3cc(C(=O)Nc4cc(C(=O)NCCC(=N)N)n(C)c4)n(C)c3)=C2)ccc1[S+]([O-])CCCl. The van der Waals surface area contributed by atoms with Crippen LogP contribution in [-0.4, -0.2) is 73.5 Å². The van der Waals surface area contributed by atoms with E-state index in [0.29, 0.717) is 39.7 Å². The zero-order chi connectivity index (χ0) is 34.5. The summed E-state index contributed by atoms with van der Waals surface area (Å²) < 4.78 is 15.3. The Labute approximate surface area is 279 Å². The first-order chi connectivity index (χ1) is 22.3. The predicted molar refractivity (Wildman–Crippen MR) is 181 cm³/mol. The van der Waals surface area contributed by atoms with Crippen LogP contribution in [0.15, 0.2) is 65.6 Å². The van der Waals surface area contributed by atoms with E-state index in [0.717, 1.165) is 11.1 Å². The molecule has 14 nitrogen and oxygen atoms in total. The largest absolute Gasteiger partial charge is 0.611 e. The minimum atomic E-state index is -1.23. The number of nitrogens with zero attached hydrogens (tertiary/aromatic N) is 3. The molecule has 0 saturated heterocycles. The third kappa shape index (κ3) is 8.13. The van der Waals surface area contributed by atoms with Crippen molar-refractivity contribution in [1.82, 2.24) is 19.9 Å². The highest BCUT2D eigenvalue weighted by atomic mass is 35.5. The predicted octanol–water partition coefficient (Wildman–Crippen LogP) is 2.31. The summed E-state index contributed by atoms with van der Waals surface area (Å²) in [7, 11) is 4.96. The van der Waals surface area contributed by atoms with Gasteiger partial charge in [0, 0.05) is 56.7 Å². The molecule has 2 atom stereocenters. The number of alkyl halides is 1. The molecule has 3 heterocycles. The lowest BCUT2D eigenvalue weighted by Crippen LogP contribution is -2.50. The van der Waals surface area contributed by atoms with Crippen LogP contribution >= 0.6 is 11.6 Å². The molecule has 0 saturated carbocycles. The summed E-state index contributed by atoms with van der Waals surface area (Å²) in [5.41, 5.74) is 11.7. The first-order valence-electron chi connectivity index (χ1n) is 14.4. The van der Waals surface area contributed by atoms with Crippen molar-refractivity contribution >= 4 is 69.7 Å². The van der Waals surface area contributed by atoms with Crippen molar-refractivity contribution in [2.24, 2.45) is 19.8 Å². The molecule has 47 heavy (non-hydrogen) atoms. The topological polar surface area (TPSA) is 199 Å². The van der Waals surface area contributed by atoms with Gasteiger partial charge < -0.3 is 35.4 Å². The normalized spacial score (nSPS) is 16.1. The minimum Gasteiger partial charge on any atom is -0.611 e. The molecule has 0 fully saturated rings. The number of carbonyl (C=O) groups excluding carboxylic acids is 4. The maximum atomic E-state index is 13.6. The number of allylic oxidation sites excluding steroid dienone is 2. The van der Waals surface area contributed by atoms with Gasteiger partial charge in [-0.25, -0.2) is 0 Å². The van der Waals surface area contributed by atoms with Crippen LogP contribution in [0.1, 0.15) is 38.5 Å². The number of nitrogens with one attached hydrogen (secondary N) is 5. The average Bonchev–Trinajstić information content (AvgIpc) is 3.66. The van der Waals surface area contributed by atoms with Crippen molar-refractivity contribution < 1.29 is 28.3 Å². The zero-order valence-electron chi connectivity index (χ0n) is 26.3. The Kier molecular flexibility index (Phi) is 11.0. The number of halogens is 1. The lowest BCUT2D eigenvalue weighted by molar-refractivity contribution is -0.849. The molecule has 16 heteroatoms. The van der Waals surface area contributed by atoms with E-state index in [1.54, 1.807) is 61.0 Å². The quantitative estimate of drug-likeness (QED) is 0.0376. The van der Waals surface area contributed by atoms with Crippen molar-refractivity contribution in [2.75, 3.05) is 35.9 Å². The van der Waals surface area contributed by atoms with Gasteiger partial charge in [0.2, 0.25) is 5.70 Å². The fraction of sp³-hybridized carbons (Fsp3) is 0.258. The molecule has 7 N–H and O–H groups in total. The van der Waals surface area contributed by atoms with Gasteiger partial charge in [0.15, 0.2) is 4.90 Å². The summed E-state index contributed by atoms with van der Waals surface area (Å²) in [6.07, 6.45) is 7.27. The molecule has 0 spiro atoms. The molecule has 4 rings (SSSR count). The van der Waals surface area contributed by atoms with Crippen LogP contribution in [0.5, 0.6) is 0 Å². The number of anilines is 2. The molecule has 1 aliphatic heterocycles. The molecule has 0 bridgehead atoms. The van der Waals surface area contributed by atoms with E-state index >= 15 is 0 Å². The Morgan fingerprint density at radius 3 is 2.23 bits per heavy atom. The van der Waals surface area contributed by atoms with Gasteiger partial charge >= 0.3 is 5.91 Å². The number of hydrogen-bond donors (Lipinski definition) is 6. The molecule has 0 radical (unpaired) electrons. The fourth-order valence-electron chi connectivity index (χ4n) is 5.09. The Morgan fingerprint density at radius 1 is 1.04 bits per heavy atom. The standard InChI is InChI=1S/C31H36ClN9O5S/c1-19-11-20(5-6-27(19)47(46)10-8-32)21-12-26(41(4,17-21)36-18-42)31(45)38-23-14-25(40(3)16-23)30(44)37-22-13-24(39(2)15-22)29(43)35-9-7-28(33)34/h5-6,11-18H,7-10H2,1-4H3,(H6-,33,34,35,36,37,38,42,43,44,45)/p+1. The molecule has 248 valence electrons. The zero-order valence-corrected chi connectivity index (χ0v) is 27.9. The van der Waals surface area contributed by atoms with Gasteiger partial charge in [-0.2, -0.15) is 10.0 Å². The van der Waals surface area contributed by atoms with Crippen molar-refractivity contribution in [2.45, 2.75) is 18.2 Å². The van der Waals surface area contributed by atoms with E-state index in [1.165, 1.54) is 12.1 Å². The van der Waals surface area contributed by atoms with E-state index in [1.807, 2.05) is 19.1 Å². The smallest absolute Gasteiger partial charge is 0.312 e. The second-order valence-electron chi connectivity index (χ2n) is 11.0. The van der Waals surface area contributed by atoms with Crippen molar-refractivity contribution in [3.63, 3.8) is 0 Å². The van der Waals surface area contributed by atoms with Crippen LogP contribution < -0.4 is 27.1 Å². The minimum absolute atomic E-state index is 0.0361. The van der Waals surface area contributed by atoms with E-state index in [4.69, 9.17) is 22.7 Å². The number of amidine groups is 1. The van der Waals surface area contributed by atoms with Crippen molar-refractivity contribution in [3.05, 3.63) is 83.2 Å². The van der Waals surface area contributed by atoms with Crippen LogP contribution in [-0.2, 0) is 34.9 Å². The highest BCUT2D eigenvalue weighted by molar-refractivity contribution is 7.91. The molecule has 1 aromatic carbocycles. The number of amides is 4. The Hall–Kier alpha value is -4.83. The number of aryl methyl sites for hydroxylation is 3. The van der Waals surface area contributed by atoms with Gasteiger partial charge in [0.25, 0.3) is 18.2 Å². The number of carbonyl (C=O) groups is 4. The van der Waals surface area contributed by atoms with Gasteiger partial charge in [-0.05, 0) is 54.0 Å². The van der Waals surface area contributed by atoms with Crippen LogP contribution in [0.25, 0.3) is 5.57 Å². The van der Waals surface area contributed by atoms with Crippen LogP contribution in [0, 0.1) is 12.3 Å². The maximum Gasteiger partial charge on any atom is 0.312 e. The summed E-state index contributed by atoms with van der Waals surface area (Å²) in [6, 6.07) is 8.49. The van der Waals surface area contributed by atoms with Crippen molar-refractivity contribution in [1.29, 1.82) is 5.41 Å². The first-order valence-corrected chi connectivity index (χ1v) is 16.3. The highest BCUT2D eigenvalue weighted by Gasteiger charge is 2.38. The fourth-order valence-corrected chi connectivity index (χ4v) is 6.51. The molecule has 1 aliphatic rings. The second-order valence-corrected chi connectivity index (χ2v) is 13.0. The number of hydrogen-bond acceptors (Lipinski definition) is 6. The Bertz CT molecular complexity index is 1800. The summed E-state index contributed by atoms with van der Waals surface area (Å²) in [6.45, 7) is 2.06. The van der Waals surface area contributed by atoms with Crippen LogP contribution in [0.3, 0.4) is 0 Å². The number of quaternary nitrogens is 1. The molecule has 2 unspecified atom stereocenters. The van der Waals surface area contributed by atoms with Gasteiger partial charge in [0.05, 0.1) is 23.1 Å². The van der Waals surface area contributed by atoms with E-state index in [9.17, 15) is 23.7 Å². The summed E-state index contributed by atoms with van der Waals surface area (Å²) in [5.74, 6) is -0.778. The second kappa shape index (κ2) is 14.7.